The first-order valence-electron chi connectivity index (χ1n) is 6.29. The minimum Gasteiger partial charge on any atom is -0.323 e. The van der Waals surface area contributed by atoms with E-state index in [2.05, 4.69) is 31.5 Å². The molecule has 0 aliphatic rings. The zero-order chi connectivity index (χ0) is 14.1. The molecule has 1 aromatic carbocycles. The maximum absolute atomic E-state index is 5.90. The average molecular weight is 371 g/mol. The van der Waals surface area contributed by atoms with Crippen molar-refractivity contribution in [3.8, 4) is 0 Å². The number of fused-ring (bicyclic) bond motifs is 1. The lowest BCUT2D eigenvalue weighted by Gasteiger charge is -2.06. The quantitative estimate of drug-likeness (QED) is 0.638. The SMILES string of the molecule is Cc1ncc(Cn2c(CCCl)nc3cc(Br)ccc32)s1. The van der Waals surface area contributed by atoms with E-state index >= 15 is 0 Å². The predicted molar refractivity (Wildman–Crippen MR) is 87.8 cm³/mol. The Kier molecular flexibility index (Phi) is 4.10. The normalized spacial score (nSPS) is 11.3. The Morgan fingerprint density at radius 2 is 2.25 bits per heavy atom. The molecule has 0 fully saturated rings. The van der Waals surface area contributed by atoms with Crippen LogP contribution in [0.2, 0.25) is 0 Å². The van der Waals surface area contributed by atoms with Crippen molar-refractivity contribution in [2.45, 2.75) is 19.9 Å². The van der Waals surface area contributed by atoms with Crippen LogP contribution in [0.1, 0.15) is 15.7 Å². The number of halogens is 2. The van der Waals surface area contributed by atoms with Gasteiger partial charge in [0.1, 0.15) is 5.82 Å². The number of hydrogen-bond donors (Lipinski definition) is 0. The Bertz CT molecular complexity index is 750. The summed E-state index contributed by atoms with van der Waals surface area (Å²) in [5.74, 6) is 1.60. The van der Waals surface area contributed by atoms with Crippen molar-refractivity contribution >= 4 is 49.9 Å². The van der Waals surface area contributed by atoms with Gasteiger partial charge in [-0.1, -0.05) is 15.9 Å². The van der Waals surface area contributed by atoms with E-state index in [-0.39, 0.29) is 0 Å². The van der Waals surface area contributed by atoms with Gasteiger partial charge in [-0.2, -0.15) is 0 Å². The van der Waals surface area contributed by atoms with Crippen molar-refractivity contribution in [2.24, 2.45) is 0 Å². The first kappa shape index (κ1) is 14.0. The van der Waals surface area contributed by atoms with E-state index in [1.807, 2.05) is 25.3 Å². The summed E-state index contributed by atoms with van der Waals surface area (Å²) in [5, 5.41) is 1.09. The number of thiazole rings is 1. The molecule has 0 saturated heterocycles. The van der Waals surface area contributed by atoms with Gasteiger partial charge in [0.15, 0.2) is 0 Å². The lowest BCUT2D eigenvalue weighted by Crippen LogP contribution is -2.04. The zero-order valence-electron chi connectivity index (χ0n) is 10.9. The third-order valence-electron chi connectivity index (χ3n) is 3.09. The second-order valence-electron chi connectivity index (χ2n) is 4.53. The summed E-state index contributed by atoms with van der Waals surface area (Å²) in [6.45, 7) is 2.83. The molecule has 0 bridgehead atoms. The van der Waals surface area contributed by atoms with Crippen molar-refractivity contribution in [2.75, 3.05) is 5.88 Å². The summed E-state index contributed by atoms with van der Waals surface area (Å²) in [5.41, 5.74) is 2.14. The van der Waals surface area contributed by atoms with Crippen LogP contribution in [0.15, 0.2) is 28.9 Å². The molecule has 2 aromatic heterocycles. The van der Waals surface area contributed by atoms with Crippen LogP contribution in [0.25, 0.3) is 11.0 Å². The maximum Gasteiger partial charge on any atom is 0.111 e. The molecule has 3 nitrogen and oxygen atoms in total. The van der Waals surface area contributed by atoms with Gasteiger partial charge in [-0.25, -0.2) is 9.97 Å². The van der Waals surface area contributed by atoms with Crippen molar-refractivity contribution in [1.82, 2.24) is 14.5 Å². The van der Waals surface area contributed by atoms with Gasteiger partial charge < -0.3 is 4.57 Å². The van der Waals surface area contributed by atoms with Crippen LogP contribution in [-0.4, -0.2) is 20.4 Å². The number of benzene rings is 1. The van der Waals surface area contributed by atoms with E-state index in [4.69, 9.17) is 16.6 Å². The molecule has 2 heterocycles. The van der Waals surface area contributed by atoms with Crippen LogP contribution in [-0.2, 0) is 13.0 Å². The Labute approximate surface area is 134 Å². The summed E-state index contributed by atoms with van der Waals surface area (Å²) < 4.78 is 3.28. The van der Waals surface area contributed by atoms with Crippen molar-refractivity contribution in [3.05, 3.63) is 44.6 Å². The maximum atomic E-state index is 5.90. The van der Waals surface area contributed by atoms with Gasteiger partial charge in [-0.05, 0) is 25.1 Å². The molecule has 20 heavy (non-hydrogen) atoms. The number of imidazole rings is 1. The van der Waals surface area contributed by atoms with Gasteiger partial charge >= 0.3 is 0 Å². The van der Waals surface area contributed by atoms with E-state index in [0.717, 1.165) is 39.3 Å². The fourth-order valence-electron chi connectivity index (χ4n) is 2.24. The highest BCUT2D eigenvalue weighted by atomic mass is 79.9. The predicted octanol–water partition coefficient (Wildman–Crippen LogP) is 4.39. The number of aryl methyl sites for hydroxylation is 2. The summed E-state index contributed by atoms with van der Waals surface area (Å²) in [6.07, 6.45) is 2.71. The molecule has 0 aliphatic heterocycles. The van der Waals surface area contributed by atoms with Crippen molar-refractivity contribution in [3.63, 3.8) is 0 Å². The monoisotopic (exact) mass is 369 g/mol. The lowest BCUT2D eigenvalue weighted by atomic mass is 10.3. The first-order valence-corrected chi connectivity index (χ1v) is 8.43. The van der Waals surface area contributed by atoms with Crippen LogP contribution in [0, 0.1) is 6.92 Å². The molecule has 6 heteroatoms. The Hall–Kier alpha value is -0.910. The second kappa shape index (κ2) is 5.84. The second-order valence-corrected chi connectivity index (χ2v) is 7.14. The largest absolute Gasteiger partial charge is 0.323 e. The minimum atomic E-state index is 0.576. The lowest BCUT2D eigenvalue weighted by molar-refractivity contribution is 0.762. The van der Waals surface area contributed by atoms with Gasteiger partial charge in [-0.3, -0.25) is 0 Å². The summed E-state index contributed by atoms with van der Waals surface area (Å²) >= 11 is 11.1. The number of aromatic nitrogens is 3. The Morgan fingerprint density at radius 1 is 1.40 bits per heavy atom. The number of alkyl halides is 1. The Balaban J connectivity index is 2.08. The number of rotatable bonds is 4. The molecular formula is C14H13BrClN3S. The molecule has 0 spiro atoms. The summed E-state index contributed by atoms with van der Waals surface area (Å²) in [4.78, 5) is 10.3. The van der Waals surface area contributed by atoms with Crippen LogP contribution in [0.3, 0.4) is 0 Å². The summed E-state index contributed by atoms with van der Waals surface area (Å²) in [6, 6.07) is 6.18. The van der Waals surface area contributed by atoms with Crippen molar-refractivity contribution < 1.29 is 0 Å². The third-order valence-corrected chi connectivity index (χ3v) is 4.67. The average Bonchev–Trinajstić information content (AvgIpc) is 2.95. The van der Waals surface area contributed by atoms with E-state index in [9.17, 15) is 0 Å². The van der Waals surface area contributed by atoms with Gasteiger partial charge in [0.2, 0.25) is 0 Å². The minimum absolute atomic E-state index is 0.576. The fraction of sp³-hybridized carbons (Fsp3) is 0.286. The molecule has 0 radical (unpaired) electrons. The Morgan fingerprint density at radius 3 is 2.95 bits per heavy atom. The van der Waals surface area contributed by atoms with E-state index in [0.29, 0.717) is 5.88 Å². The van der Waals surface area contributed by atoms with Gasteiger partial charge in [-0.15, -0.1) is 22.9 Å². The van der Waals surface area contributed by atoms with Gasteiger partial charge in [0.05, 0.1) is 22.6 Å². The summed E-state index contributed by atoms with van der Waals surface area (Å²) in [7, 11) is 0. The van der Waals surface area contributed by atoms with Gasteiger partial charge in [0, 0.05) is 27.8 Å². The highest BCUT2D eigenvalue weighted by molar-refractivity contribution is 9.10. The molecule has 104 valence electrons. The van der Waals surface area contributed by atoms with Crippen LogP contribution in [0.4, 0.5) is 0 Å². The number of nitrogens with zero attached hydrogens (tertiary/aromatic N) is 3. The van der Waals surface area contributed by atoms with Gasteiger partial charge in [0.25, 0.3) is 0 Å². The highest BCUT2D eigenvalue weighted by Crippen LogP contribution is 2.24. The van der Waals surface area contributed by atoms with E-state index in [1.54, 1.807) is 11.3 Å². The van der Waals surface area contributed by atoms with Crippen molar-refractivity contribution in [1.29, 1.82) is 0 Å². The van der Waals surface area contributed by atoms with Crippen LogP contribution >= 0.6 is 38.9 Å². The molecule has 0 amide bonds. The smallest absolute Gasteiger partial charge is 0.111 e. The first-order chi connectivity index (χ1) is 9.67. The van der Waals surface area contributed by atoms with E-state index < -0.39 is 0 Å². The molecular weight excluding hydrogens is 358 g/mol. The topological polar surface area (TPSA) is 30.7 Å². The molecule has 0 atom stereocenters. The molecule has 3 aromatic rings. The molecule has 0 N–H and O–H groups in total. The zero-order valence-corrected chi connectivity index (χ0v) is 14.1. The fourth-order valence-corrected chi connectivity index (χ4v) is 3.54. The van der Waals surface area contributed by atoms with Crippen LogP contribution in [0.5, 0.6) is 0 Å². The standard InChI is InChI=1S/C14H13BrClN3S/c1-9-17-7-11(20-9)8-19-13-3-2-10(15)6-12(13)18-14(19)4-5-16/h2-3,6-7H,4-5,8H2,1H3. The van der Waals surface area contributed by atoms with Crippen LogP contribution < -0.4 is 0 Å². The molecule has 3 rings (SSSR count). The van der Waals surface area contributed by atoms with E-state index in [1.165, 1.54) is 4.88 Å². The third kappa shape index (κ3) is 2.75. The molecule has 0 saturated carbocycles. The molecule has 0 unspecified atom stereocenters. The number of hydrogen-bond acceptors (Lipinski definition) is 3. The highest BCUT2D eigenvalue weighted by Gasteiger charge is 2.12. The molecule has 0 aliphatic carbocycles.